The van der Waals surface area contributed by atoms with Gasteiger partial charge < -0.3 is 9.72 Å². The van der Waals surface area contributed by atoms with Crippen molar-refractivity contribution in [3.63, 3.8) is 0 Å². The van der Waals surface area contributed by atoms with Crippen molar-refractivity contribution in [2.75, 3.05) is 7.11 Å². The molecule has 1 aromatic carbocycles. The Hall–Kier alpha value is -1.80. The van der Waals surface area contributed by atoms with Gasteiger partial charge in [0.25, 0.3) is 0 Å². The summed E-state index contributed by atoms with van der Waals surface area (Å²) < 4.78 is 6.07. The summed E-state index contributed by atoms with van der Waals surface area (Å²) in [7, 11) is 1.63. The molecule has 1 N–H and O–H groups in total. The predicted molar refractivity (Wildman–Crippen MR) is 76.9 cm³/mol. The summed E-state index contributed by atoms with van der Waals surface area (Å²) >= 11 is 3.45. The van der Waals surface area contributed by atoms with Gasteiger partial charge >= 0.3 is 0 Å². The highest BCUT2D eigenvalue weighted by Gasteiger charge is 2.23. The van der Waals surface area contributed by atoms with Crippen molar-refractivity contribution in [1.82, 2.24) is 9.97 Å². The van der Waals surface area contributed by atoms with E-state index in [-0.39, 0.29) is 0 Å². The van der Waals surface area contributed by atoms with Crippen molar-refractivity contribution < 1.29 is 4.74 Å². The monoisotopic (exact) mass is 319 g/mol. The fourth-order valence-corrected chi connectivity index (χ4v) is 2.21. The molecule has 2 rings (SSSR count). The molecule has 0 atom stereocenters. The molecule has 2 aromatic rings. The van der Waals surface area contributed by atoms with Crippen LogP contribution >= 0.6 is 15.9 Å². The molecule has 0 amide bonds. The second kappa shape index (κ2) is 5.06. The van der Waals surface area contributed by atoms with E-state index in [0.717, 1.165) is 21.5 Å². The first-order chi connectivity index (χ1) is 8.97. The molecule has 4 nitrogen and oxygen atoms in total. The van der Waals surface area contributed by atoms with E-state index < -0.39 is 5.41 Å². The number of aromatic amines is 1. The Balaban J connectivity index is 2.39. The number of benzene rings is 1. The summed E-state index contributed by atoms with van der Waals surface area (Å²) in [5.74, 6) is 1.44. The van der Waals surface area contributed by atoms with Gasteiger partial charge in [-0.15, -0.1) is 0 Å². The van der Waals surface area contributed by atoms with Crippen molar-refractivity contribution in [2.45, 2.75) is 19.3 Å². The van der Waals surface area contributed by atoms with Crippen LogP contribution in [0.3, 0.4) is 0 Å². The summed E-state index contributed by atoms with van der Waals surface area (Å²) in [5.41, 5.74) is 1.24. The number of rotatable bonds is 3. The molecule has 0 unspecified atom stereocenters. The van der Waals surface area contributed by atoms with Gasteiger partial charge in [0, 0.05) is 5.56 Å². The Morgan fingerprint density at radius 3 is 2.74 bits per heavy atom. The Labute approximate surface area is 120 Å². The number of hydrogen-bond donors (Lipinski definition) is 1. The molecule has 0 fully saturated rings. The maximum Gasteiger partial charge on any atom is 0.133 e. The number of H-pyrrole nitrogens is 1. The number of imidazole rings is 1. The second-order valence-electron chi connectivity index (χ2n) is 4.73. The minimum absolute atomic E-state index is 0.623. The Kier molecular flexibility index (Phi) is 3.63. The maximum atomic E-state index is 9.11. The first-order valence-electron chi connectivity index (χ1n) is 5.78. The van der Waals surface area contributed by atoms with E-state index in [9.17, 15) is 0 Å². The van der Waals surface area contributed by atoms with Crippen LogP contribution in [0.15, 0.2) is 28.9 Å². The third kappa shape index (κ3) is 2.64. The molecular formula is C14H14BrN3O. The highest BCUT2D eigenvalue weighted by Crippen LogP contribution is 2.30. The summed E-state index contributed by atoms with van der Waals surface area (Å²) in [5, 5.41) is 9.11. The smallest absolute Gasteiger partial charge is 0.133 e. The summed E-state index contributed by atoms with van der Waals surface area (Å²) in [6, 6.07) is 8.01. The standard InChI is InChI=1S/C14H14BrN3O/c1-14(2,8-16)13-17-7-11(18-13)9-4-5-12(19-3)10(15)6-9/h4-7H,1-3H3,(H,17,18). The van der Waals surface area contributed by atoms with Crippen LogP contribution in [0.25, 0.3) is 11.3 Å². The summed E-state index contributed by atoms with van der Waals surface area (Å²) in [4.78, 5) is 7.47. The number of aromatic nitrogens is 2. The Bertz CT molecular complexity index is 640. The van der Waals surface area contributed by atoms with Crippen molar-refractivity contribution in [1.29, 1.82) is 5.26 Å². The molecular weight excluding hydrogens is 306 g/mol. The van der Waals surface area contributed by atoms with Crippen LogP contribution in [-0.4, -0.2) is 17.1 Å². The van der Waals surface area contributed by atoms with Gasteiger partial charge in [-0.05, 0) is 48.0 Å². The zero-order chi connectivity index (χ0) is 14.0. The van der Waals surface area contributed by atoms with Crippen LogP contribution in [0.1, 0.15) is 19.7 Å². The molecule has 0 saturated carbocycles. The zero-order valence-corrected chi connectivity index (χ0v) is 12.6. The molecule has 0 saturated heterocycles. The lowest BCUT2D eigenvalue weighted by Gasteiger charge is -2.10. The number of nitrogens with zero attached hydrogens (tertiary/aromatic N) is 2. The molecule has 0 spiro atoms. The van der Waals surface area contributed by atoms with Gasteiger partial charge in [0.1, 0.15) is 17.0 Å². The molecule has 0 aliphatic carbocycles. The van der Waals surface area contributed by atoms with E-state index in [0.29, 0.717) is 5.82 Å². The van der Waals surface area contributed by atoms with Crippen LogP contribution in [-0.2, 0) is 5.41 Å². The van der Waals surface area contributed by atoms with Crippen LogP contribution in [0.4, 0.5) is 0 Å². The SMILES string of the molecule is COc1ccc(-c2cnc(C(C)(C)C#N)[nH]2)cc1Br. The normalized spacial score (nSPS) is 11.1. The predicted octanol–water partition coefficient (Wildman–Crippen LogP) is 3.65. The molecule has 0 bridgehead atoms. The number of methoxy groups -OCH3 is 1. The quantitative estimate of drug-likeness (QED) is 0.939. The molecule has 0 aliphatic heterocycles. The maximum absolute atomic E-state index is 9.11. The van der Waals surface area contributed by atoms with Crippen molar-refractivity contribution in [3.8, 4) is 23.1 Å². The number of ether oxygens (including phenoxy) is 1. The van der Waals surface area contributed by atoms with Gasteiger partial charge in [-0.2, -0.15) is 5.26 Å². The van der Waals surface area contributed by atoms with Crippen LogP contribution in [0, 0.1) is 11.3 Å². The topological polar surface area (TPSA) is 61.7 Å². The Morgan fingerprint density at radius 2 is 2.16 bits per heavy atom. The van der Waals surface area contributed by atoms with Gasteiger partial charge in [0.2, 0.25) is 0 Å². The summed E-state index contributed by atoms with van der Waals surface area (Å²) in [6.07, 6.45) is 1.74. The first kappa shape index (κ1) is 13.6. The van der Waals surface area contributed by atoms with Gasteiger partial charge in [0.15, 0.2) is 0 Å². The number of halogens is 1. The minimum atomic E-state index is -0.623. The number of nitriles is 1. The molecule has 1 aromatic heterocycles. The number of nitrogens with one attached hydrogen (secondary N) is 1. The average Bonchev–Trinajstić information content (AvgIpc) is 2.89. The average molecular weight is 320 g/mol. The molecule has 5 heteroatoms. The first-order valence-corrected chi connectivity index (χ1v) is 6.58. The molecule has 0 aliphatic rings. The third-order valence-electron chi connectivity index (χ3n) is 2.91. The van der Waals surface area contributed by atoms with E-state index in [4.69, 9.17) is 10.00 Å². The van der Waals surface area contributed by atoms with Crippen LogP contribution < -0.4 is 4.74 Å². The van der Waals surface area contributed by atoms with E-state index >= 15 is 0 Å². The summed E-state index contributed by atoms with van der Waals surface area (Å²) in [6.45, 7) is 3.67. The minimum Gasteiger partial charge on any atom is -0.496 e. The van der Waals surface area contributed by atoms with Crippen molar-refractivity contribution >= 4 is 15.9 Å². The zero-order valence-electron chi connectivity index (χ0n) is 11.0. The fourth-order valence-electron chi connectivity index (χ4n) is 1.67. The lowest BCUT2D eigenvalue weighted by atomic mass is 9.95. The van der Waals surface area contributed by atoms with E-state index in [1.807, 2.05) is 32.0 Å². The largest absolute Gasteiger partial charge is 0.496 e. The third-order valence-corrected chi connectivity index (χ3v) is 3.53. The molecule has 1 heterocycles. The molecule has 0 radical (unpaired) electrons. The molecule has 98 valence electrons. The van der Waals surface area contributed by atoms with Crippen LogP contribution in [0.2, 0.25) is 0 Å². The molecule has 19 heavy (non-hydrogen) atoms. The highest BCUT2D eigenvalue weighted by atomic mass is 79.9. The van der Waals surface area contributed by atoms with E-state index in [1.165, 1.54) is 0 Å². The Morgan fingerprint density at radius 1 is 1.42 bits per heavy atom. The van der Waals surface area contributed by atoms with Gasteiger partial charge in [-0.25, -0.2) is 4.98 Å². The highest BCUT2D eigenvalue weighted by molar-refractivity contribution is 9.10. The van der Waals surface area contributed by atoms with Gasteiger partial charge in [0.05, 0.1) is 29.5 Å². The van der Waals surface area contributed by atoms with E-state index in [2.05, 4.69) is 32.0 Å². The lowest BCUT2D eigenvalue weighted by Crippen LogP contribution is -2.15. The fraction of sp³-hybridized carbons (Fsp3) is 0.286. The van der Waals surface area contributed by atoms with Gasteiger partial charge in [-0.1, -0.05) is 0 Å². The lowest BCUT2D eigenvalue weighted by molar-refractivity contribution is 0.412. The van der Waals surface area contributed by atoms with Crippen molar-refractivity contribution in [2.24, 2.45) is 0 Å². The van der Waals surface area contributed by atoms with E-state index in [1.54, 1.807) is 13.3 Å². The second-order valence-corrected chi connectivity index (χ2v) is 5.59. The van der Waals surface area contributed by atoms with Crippen LogP contribution in [0.5, 0.6) is 5.75 Å². The van der Waals surface area contributed by atoms with Gasteiger partial charge in [-0.3, -0.25) is 0 Å². The number of hydrogen-bond acceptors (Lipinski definition) is 3. The van der Waals surface area contributed by atoms with Crippen molar-refractivity contribution in [3.05, 3.63) is 34.7 Å².